The summed E-state index contributed by atoms with van der Waals surface area (Å²) in [6.45, 7) is 9.86. The highest BCUT2D eigenvalue weighted by Gasteiger charge is 2.42. The minimum atomic E-state index is -1.26. The number of unbranched alkanes of at least 4 members (excludes halogenated alkanes) is 2. The van der Waals surface area contributed by atoms with Crippen LogP contribution in [0.2, 0.25) is 0 Å². The van der Waals surface area contributed by atoms with Gasteiger partial charge in [0, 0.05) is 54.0 Å². The summed E-state index contributed by atoms with van der Waals surface area (Å²) in [6, 6.07) is 31.9. The molecule has 0 radical (unpaired) electrons. The summed E-state index contributed by atoms with van der Waals surface area (Å²) in [7, 11) is 0. The van der Waals surface area contributed by atoms with E-state index < -0.39 is 59.6 Å². The van der Waals surface area contributed by atoms with E-state index in [1.54, 1.807) is 69.3 Å². The van der Waals surface area contributed by atoms with Gasteiger partial charge >= 0.3 is 12.1 Å². The number of ketones is 1. The molecular weight excluding hydrogens is 995 g/mol. The molecule has 0 unspecified atom stereocenters. The molecule has 17 heteroatoms. The Morgan fingerprint density at radius 1 is 0.649 bits per heavy atom. The van der Waals surface area contributed by atoms with Crippen molar-refractivity contribution in [3.8, 4) is 0 Å². The Labute approximate surface area is 458 Å². The lowest BCUT2D eigenvalue weighted by Gasteiger charge is -2.30. The number of rotatable bonds is 29. The number of hydrogen-bond donors (Lipinski definition) is 8. The average molecular weight is 1070 g/mol. The van der Waals surface area contributed by atoms with Crippen molar-refractivity contribution in [3.63, 3.8) is 0 Å². The van der Waals surface area contributed by atoms with Crippen molar-refractivity contribution in [2.75, 3.05) is 18.8 Å². The Balaban J connectivity index is 1.10. The predicted octanol–water partition coefficient (Wildman–Crippen LogP) is 6.96. The Kier molecular flexibility index (Phi) is 23.0. The normalized spacial score (nSPS) is 17.8. The molecule has 8 atom stereocenters. The summed E-state index contributed by atoms with van der Waals surface area (Å²) in [6.07, 6.45) is 2.92. The highest BCUT2D eigenvalue weighted by molar-refractivity contribution is 8.00. The Morgan fingerprint density at radius 2 is 1.23 bits per heavy atom. The number of nitrogens with one attached hydrogen (secondary N) is 7. The standard InChI is InChI=1S/C60H79N7O9S/c1-39(2)33-47(57(73)64-48(36-41-21-11-7-12-22-41)56(72)62-32-18-17-31-61-52(69)26-16-15-25-51-53-49(38-77-51)65-58(74)67-53)63-55(71)45(34-42-27-29-44(30-28-42)54(70)43-23-13-8-14-24-43)37-50(68)46(35-40-19-9-6-10-20-40)66-59(75)76-60(3,4)5/h6-14,19-24,27-30,39,45-51,53,68H,15-18,25-26,31-38H2,1-5H3,(H,61,69)(H,62,72)(H,63,71)(H,64,73)(H,66,75)(H2,65,67,74)/t45-,46+,47+,48+,49+,50-,51+,53+/m1/s1. The van der Waals surface area contributed by atoms with Crippen molar-refractivity contribution in [1.29, 1.82) is 0 Å². The van der Waals surface area contributed by atoms with Crippen LogP contribution in [-0.2, 0) is 43.2 Å². The van der Waals surface area contributed by atoms with Gasteiger partial charge in [-0.1, -0.05) is 136 Å². The van der Waals surface area contributed by atoms with E-state index in [9.17, 15) is 38.7 Å². The van der Waals surface area contributed by atoms with Gasteiger partial charge in [0.05, 0.1) is 24.2 Å². The van der Waals surface area contributed by atoms with Gasteiger partial charge in [-0.2, -0.15) is 11.8 Å². The molecule has 4 aromatic carbocycles. The summed E-state index contributed by atoms with van der Waals surface area (Å²) < 4.78 is 5.58. The lowest BCUT2D eigenvalue weighted by Crippen LogP contribution is -2.56. The molecule has 77 heavy (non-hydrogen) atoms. The number of ether oxygens (including phenoxy) is 1. The summed E-state index contributed by atoms with van der Waals surface area (Å²) in [5.74, 6) is -1.71. The molecular formula is C60H79N7O9S. The smallest absolute Gasteiger partial charge is 0.407 e. The first-order valence-corrected chi connectivity index (χ1v) is 28.2. The summed E-state index contributed by atoms with van der Waals surface area (Å²) >= 11 is 1.86. The van der Waals surface area contributed by atoms with Crippen molar-refractivity contribution in [2.24, 2.45) is 11.8 Å². The van der Waals surface area contributed by atoms with Crippen LogP contribution in [0.3, 0.4) is 0 Å². The molecule has 2 aliphatic heterocycles. The van der Waals surface area contributed by atoms with Crippen LogP contribution in [0.15, 0.2) is 115 Å². The van der Waals surface area contributed by atoms with Crippen LogP contribution in [0.1, 0.15) is 119 Å². The van der Waals surface area contributed by atoms with Crippen molar-refractivity contribution in [3.05, 3.63) is 143 Å². The minimum absolute atomic E-state index is 0.0219. The van der Waals surface area contributed by atoms with Crippen LogP contribution in [-0.4, -0.2) is 113 Å². The van der Waals surface area contributed by atoms with E-state index in [1.165, 1.54) is 0 Å². The van der Waals surface area contributed by atoms with Crippen molar-refractivity contribution in [2.45, 2.75) is 152 Å². The highest BCUT2D eigenvalue weighted by atomic mass is 32.2. The second-order valence-electron chi connectivity index (χ2n) is 21.7. The molecule has 2 saturated heterocycles. The summed E-state index contributed by atoms with van der Waals surface area (Å²) in [5, 5.41) is 33.1. The molecule has 4 aromatic rings. The van der Waals surface area contributed by atoms with E-state index in [4.69, 9.17) is 4.74 Å². The number of thioether (sulfide) groups is 1. The number of carbonyl (C=O) groups is 7. The van der Waals surface area contributed by atoms with E-state index in [-0.39, 0.29) is 67.8 Å². The molecule has 8 N–H and O–H groups in total. The fraction of sp³-hybridized carbons (Fsp3) is 0.483. The lowest BCUT2D eigenvalue weighted by molar-refractivity contribution is -0.134. The molecule has 0 spiro atoms. The van der Waals surface area contributed by atoms with E-state index in [2.05, 4.69) is 37.2 Å². The van der Waals surface area contributed by atoms with Gasteiger partial charge in [0.2, 0.25) is 23.6 Å². The van der Waals surface area contributed by atoms with Crippen LogP contribution in [0, 0.1) is 11.8 Å². The number of benzene rings is 4. The van der Waals surface area contributed by atoms with Crippen LogP contribution >= 0.6 is 11.8 Å². The fourth-order valence-electron chi connectivity index (χ4n) is 9.68. The molecule has 0 aliphatic carbocycles. The second kappa shape index (κ2) is 29.7. The number of aliphatic hydroxyl groups excluding tert-OH is 1. The molecule has 7 amide bonds. The molecule has 0 bridgehead atoms. The Bertz CT molecular complexity index is 2550. The number of aliphatic hydroxyl groups is 1. The largest absolute Gasteiger partial charge is 0.444 e. The molecule has 2 aliphatic rings. The molecule has 414 valence electrons. The van der Waals surface area contributed by atoms with Crippen molar-refractivity contribution in [1.82, 2.24) is 37.2 Å². The van der Waals surface area contributed by atoms with Gasteiger partial charge < -0.3 is 47.1 Å². The molecule has 6 rings (SSSR count). The summed E-state index contributed by atoms with van der Waals surface area (Å²) in [4.78, 5) is 94.0. The van der Waals surface area contributed by atoms with Crippen molar-refractivity contribution >= 4 is 53.3 Å². The molecule has 0 saturated carbocycles. The lowest BCUT2D eigenvalue weighted by atomic mass is 9.88. The number of alkyl carbamates (subject to hydrolysis) is 1. The average Bonchev–Trinajstić information content (AvgIpc) is 3.96. The topological polar surface area (TPSA) is 233 Å². The van der Waals surface area contributed by atoms with E-state index >= 15 is 0 Å². The van der Waals surface area contributed by atoms with Crippen LogP contribution in [0.25, 0.3) is 0 Å². The summed E-state index contributed by atoms with van der Waals surface area (Å²) in [5.41, 5.74) is 2.56. The second-order valence-corrected chi connectivity index (χ2v) is 23.0. The maximum absolute atomic E-state index is 14.8. The molecule has 2 heterocycles. The quantitative estimate of drug-likeness (QED) is 0.0158. The third-order valence-corrected chi connectivity index (χ3v) is 15.2. The van der Waals surface area contributed by atoms with Crippen LogP contribution < -0.4 is 37.2 Å². The first kappa shape index (κ1) is 59.5. The third kappa shape index (κ3) is 20.0. The van der Waals surface area contributed by atoms with Gasteiger partial charge in [-0.3, -0.25) is 24.0 Å². The van der Waals surface area contributed by atoms with Crippen molar-refractivity contribution < 1.29 is 43.4 Å². The highest BCUT2D eigenvalue weighted by Crippen LogP contribution is 2.33. The maximum Gasteiger partial charge on any atom is 0.407 e. The predicted molar refractivity (Wildman–Crippen MR) is 300 cm³/mol. The zero-order valence-corrected chi connectivity index (χ0v) is 46.0. The van der Waals surface area contributed by atoms with Crippen LogP contribution in [0.4, 0.5) is 9.59 Å². The first-order valence-electron chi connectivity index (χ1n) is 27.2. The molecule has 2 fully saturated rings. The molecule has 0 aromatic heterocycles. The third-order valence-electron chi connectivity index (χ3n) is 13.7. The Hall–Kier alpha value is -6.72. The van der Waals surface area contributed by atoms with Crippen LogP contribution in [0.5, 0.6) is 0 Å². The van der Waals surface area contributed by atoms with E-state index in [1.807, 2.05) is 92.3 Å². The minimum Gasteiger partial charge on any atom is -0.444 e. The zero-order valence-electron chi connectivity index (χ0n) is 45.2. The number of hydrogen-bond acceptors (Lipinski definition) is 10. The Morgan fingerprint density at radius 3 is 1.87 bits per heavy atom. The SMILES string of the molecule is CC(C)C[C@H](NC(=O)[C@H](Cc1ccc(C(=O)c2ccccc2)cc1)C[C@@H](O)[C@H](Cc1ccccc1)NC(=O)OC(C)(C)C)C(=O)N[C@@H](Cc1ccccc1)C(=O)NCCCCNC(=O)CCCC[C@@H]1SC[C@@H]2NC(=O)N[C@@H]21. The molecule has 16 nitrogen and oxygen atoms in total. The van der Waals surface area contributed by atoms with E-state index in [0.717, 1.165) is 36.1 Å². The maximum atomic E-state index is 14.8. The van der Waals surface area contributed by atoms with E-state index in [0.29, 0.717) is 54.3 Å². The zero-order chi connectivity index (χ0) is 55.3. The van der Waals surface area contributed by atoms with Gasteiger partial charge in [-0.05, 0) is 94.7 Å². The van der Waals surface area contributed by atoms with Gasteiger partial charge in [-0.15, -0.1) is 0 Å². The fourth-order valence-corrected chi connectivity index (χ4v) is 11.2. The first-order chi connectivity index (χ1) is 36.9. The van der Waals surface area contributed by atoms with Gasteiger partial charge in [-0.25, -0.2) is 9.59 Å². The number of fused-ring (bicyclic) bond motifs is 1. The van der Waals surface area contributed by atoms with Gasteiger partial charge in [0.1, 0.15) is 17.7 Å². The van der Waals surface area contributed by atoms with Gasteiger partial charge in [0.15, 0.2) is 5.78 Å². The van der Waals surface area contributed by atoms with Gasteiger partial charge in [0.25, 0.3) is 0 Å². The number of carbonyl (C=O) groups excluding carboxylic acids is 7. The monoisotopic (exact) mass is 1070 g/mol. The number of amides is 7. The number of urea groups is 1.